The molecule has 3 heteroatoms. The van der Waals surface area contributed by atoms with E-state index in [1.807, 2.05) is 0 Å². The molecule has 0 bridgehead atoms. The summed E-state index contributed by atoms with van der Waals surface area (Å²) in [5.41, 5.74) is -0.0379. The Kier molecular flexibility index (Phi) is 6.57. The van der Waals surface area contributed by atoms with E-state index in [2.05, 4.69) is 52.1 Å². The number of rotatable bonds is 4. The van der Waals surface area contributed by atoms with Crippen LogP contribution < -0.4 is 5.32 Å². The smallest absolute Gasteiger partial charge is 0.257 e. The molecule has 88 valence electrons. The molecule has 0 amide bonds. The molecule has 1 atom stereocenters. The fourth-order valence-corrected chi connectivity index (χ4v) is 1.45. The van der Waals surface area contributed by atoms with Crippen LogP contribution in [0.5, 0.6) is 0 Å². The van der Waals surface area contributed by atoms with E-state index in [1.165, 1.54) is 0 Å². The van der Waals surface area contributed by atoms with E-state index in [4.69, 9.17) is 17.0 Å². The van der Waals surface area contributed by atoms with E-state index < -0.39 is 0 Å². The normalized spacial score (nSPS) is 13.9. The summed E-state index contributed by atoms with van der Waals surface area (Å²) in [6.07, 6.45) is 6.22. The highest BCUT2D eigenvalue weighted by Crippen LogP contribution is 2.05. The highest BCUT2D eigenvalue weighted by molar-refractivity contribution is 7.80. The second kappa shape index (κ2) is 6.83. The minimum Gasteiger partial charge on any atom is -0.464 e. The molecule has 0 saturated carbocycles. The van der Waals surface area contributed by atoms with Crippen LogP contribution in [0.2, 0.25) is 0 Å². The van der Waals surface area contributed by atoms with E-state index in [0.717, 1.165) is 12.8 Å². The van der Waals surface area contributed by atoms with Gasteiger partial charge in [0.05, 0.1) is 0 Å². The van der Waals surface area contributed by atoms with E-state index >= 15 is 0 Å². The van der Waals surface area contributed by atoms with E-state index in [-0.39, 0.29) is 11.6 Å². The average molecular weight is 229 g/mol. The lowest BCUT2D eigenvalue weighted by molar-refractivity contribution is 0.219. The molecule has 0 aromatic rings. The van der Waals surface area contributed by atoms with E-state index in [1.54, 1.807) is 0 Å². The van der Waals surface area contributed by atoms with Crippen LogP contribution in [0.3, 0.4) is 0 Å². The molecule has 0 aliphatic heterocycles. The second-order valence-corrected chi connectivity index (χ2v) is 4.93. The van der Waals surface area contributed by atoms with Crippen LogP contribution in [-0.4, -0.2) is 16.8 Å². The molecule has 0 aromatic heterocycles. The molecule has 0 heterocycles. The van der Waals surface area contributed by atoms with Crippen LogP contribution in [0.15, 0.2) is 12.2 Å². The summed E-state index contributed by atoms with van der Waals surface area (Å²) in [4.78, 5) is 0. The standard InChI is InChI=1S/C12H23NOS/c1-6-8-9-10(7-2)14-11(15)13-12(3,4)5/h8-10H,6-7H2,1-5H3,(H,13,15)/b9-8+. The summed E-state index contributed by atoms with van der Waals surface area (Å²) >= 11 is 5.13. The van der Waals surface area contributed by atoms with Gasteiger partial charge in [-0.2, -0.15) is 0 Å². The molecular weight excluding hydrogens is 206 g/mol. The van der Waals surface area contributed by atoms with Crippen LogP contribution in [0.1, 0.15) is 47.5 Å². The third-order valence-corrected chi connectivity index (χ3v) is 1.92. The molecule has 2 nitrogen and oxygen atoms in total. The van der Waals surface area contributed by atoms with Gasteiger partial charge in [-0.05, 0) is 51.9 Å². The number of hydrogen-bond acceptors (Lipinski definition) is 2. The molecule has 0 radical (unpaired) electrons. The lowest BCUT2D eigenvalue weighted by Gasteiger charge is -2.24. The zero-order chi connectivity index (χ0) is 11.9. The lowest BCUT2D eigenvalue weighted by Crippen LogP contribution is -2.41. The molecule has 0 rings (SSSR count). The van der Waals surface area contributed by atoms with E-state index in [0.29, 0.717) is 5.17 Å². The quantitative estimate of drug-likeness (QED) is 0.589. The van der Waals surface area contributed by atoms with Gasteiger partial charge in [0.2, 0.25) is 0 Å². The Morgan fingerprint density at radius 1 is 1.40 bits per heavy atom. The van der Waals surface area contributed by atoms with Gasteiger partial charge in [0.1, 0.15) is 6.10 Å². The monoisotopic (exact) mass is 229 g/mol. The van der Waals surface area contributed by atoms with Crippen molar-refractivity contribution in [3.05, 3.63) is 12.2 Å². The maximum Gasteiger partial charge on any atom is 0.257 e. The molecule has 0 aliphatic rings. The minimum absolute atomic E-state index is 0.0379. The number of allylic oxidation sites excluding steroid dienone is 1. The van der Waals surface area contributed by atoms with Gasteiger partial charge in [-0.15, -0.1) is 0 Å². The van der Waals surface area contributed by atoms with Crippen molar-refractivity contribution in [3.63, 3.8) is 0 Å². The minimum atomic E-state index is -0.0379. The summed E-state index contributed by atoms with van der Waals surface area (Å²) in [6, 6.07) is 0. The highest BCUT2D eigenvalue weighted by atomic mass is 32.1. The van der Waals surface area contributed by atoms with Crippen molar-refractivity contribution < 1.29 is 4.74 Å². The summed E-state index contributed by atoms with van der Waals surface area (Å²) in [7, 11) is 0. The number of ether oxygens (including phenoxy) is 1. The van der Waals surface area contributed by atoms with Crippen molar-refractivity contribution in [1.29, 1.82) is 0 Å². The molecule has 15 heavy (non-hydrogen) atoms. The third-order valence-electron chi connectivity index (χ3n) is 1.72. The first-order valence-corrected chi connectivity index (χ1v) is 5.95. The van der Waals surface area contributed by atoms with Gasteiger partial charge in [-0.3, -0.25) is 0 Å². The largest absolute Gasteiger partial charge is 0.464 e. The fourth-order valence-electron chi connectivity index (χ4n) is 1.02. The van der Waals surface area contributed by atoms with Gasteiger partial charge < -0.3 is 10.1 Å². The highest BCUT2D eigenvalue weighted by Gasteiger charge is 2.13. The summed E-state index contributed by atoms with van der Waals surface area (Å²) < 4.78 is 5.61. The maximum atomic E-state index is 5.61. The molecule has 1 N–H and O–H groups in total. The number of hydrogen-bond donors (Lipinski definition) is 1. The molecule has 0 aliphatic carbocycles. The predicted molar refractivity (Wildman–Crippen MR) is 70.1 cm³/mol. The lowest BCUT2D eigenvalue weighted by atomic mass is 10.1. The SMILES string of the molecule is CC/C=C/C(CC)OC(=S)NC(C)(C)C. The molecule has 0 fully saturated rings. The summed E-state index contributed by atoms with van der Waals surface area (Å²) in [6.45, 7) is 10.4. The van der Waals surface area contributed by atoms with Crippen molar-refractivity contribution in [2.75, 3.05) is 0 Å². The zero-order valence-corrected chi connectivity index (χ0v) is 11.3. The first kappa shape index (κ1) is 14.4. The third kappa shape index (κ3) is 8.43. The fraction of sp³-hybridized carbons (Fsp3) is 0.750. The van der Waals surface area contributed by atoms with Crippen molar-refractivity contribution in [1.82, 2.24) is 5.32 Å². The van der Waals surface area contributed by atoms with Gasteiger partial charge in [0.25, 0.3) is 5.17 Å². The van der Waals surface area contributed by atoms with Crippen molar-refractivity contribution in [3.8, 4) is 0 Å². The Bertz CT molecular complexity index is 218. The van der Waals surface area contributed by atoms with Crippen molar-refractivity contribution in [2.45, 2.75) is 59.1 Å². The Balaban J connectivity index is 4.07. The average Bonchev–Trinajstić information content (AvgIpc) is 2.09. The molecular formula is C12H23NOS. The second-order valence-electron chi connectivity index (χ2n) is 4.56. The van der Waals surface area contributed by atoms with Crippen molar-refractivity contribution >= 4 is 17.4 Å². The van der Waals surface area contributed by atoms with Crippen LogP contribution in [0.4, 0.5) is 0 Å². The van der Waals surface area contributed by atoms with Crippen LogP contribution in [0.25, 0.3) is 0 Å². The van der Waals surface area contributed by atoms with Gasteiger partial charge >= 0.3 is 0 Å². The Hall–Kier alpha value is -0.570. The Morgan fingerprint density at radius 2 is 2.00 bits per heavy atom. The van der Waals surface area contributed by atoms with E-state index in [9.17, 15) is 0 Å². The van der Waals surface area contributed by atoms with Crippen molar-refractivity contribution in [2.24, 2.45) is 0 Å². The van der Waals surface area contributed by atoms with Gasteiger partial charge in [-0.25, -0.2) is 0 Å². The number of nitrogens with one attached hydrogen (secondary N) is 1. The molecule has 0 spiro atoms. The molecule has 1 unspecified atom stereocenters. The molecule has 0 aromatic carbocycles. The van der Waals surface area contributed by atoms with Gasteiger partial charge in [0, 0.05) is 5.54 Å². The number of thiocarbonyl (C=S) groups is 1. The Labute approximate surface area is 99.1 Å². The predicted octanol–water partition coefficient (Wildman–Crippen LogP) is 3.42. The van der Waals surface area contributed by atoms with Crippen LogP contribution >= 0.6 is 12.2 Å². The summed E-state index contributed by atoms with van der Waals surface area (Å²) in [5.74, 6) is 0. The van der Waals surface area contributed by atoms with Gasteiger partial charge in [0.15, 0.2) is 0 Å². The first-order chi connectivity index (χ1) is 6.89. The first-order valence-electron chi connectivity index (χ1n) is 5.54. The molecule has 0 saturated heterocycles. The van der Waals surface area contributed by atoms with Crippen LogP contribution in [-0.2, 0) is 4.74 Å². The van der Waals surface area contributed by atoms with Crippen LogP contribution in [0, 0.1) is 0 Å². The summed E-state index contributed by atoms with van der Waals surface area (Å²) in [5, 5.41) is 3.62. The topological polar surface area (TPSA) is 21.3 Å². The Morgan fingerprint density at radius 3 is 2.40 bits per heavy atom. The zero-order valence-electron chi connectivity index (χ0n) is 10.5. The maximum absolute atomic E-state index is 5.61. The van der Waals surface area contributed by atoms with Gasteiger partial charge in [-0.1, -0.05) is 19.9 Å².